The van der Waals surface area contributed by atoms with Crippen LogP contribution < -0.4 is 0 Å². The second-order valence-corrected chi connectivity index (χ2v) is 9.75. The number of hydrogen-bond donors (Lipinski definition) is 0. The predicted molar refractivity (Wildman–Crippen MR) is 124 cm³/mol. The smallest absolute Gasteiger partial charge is 0.341 e. The maximum absolute atomic E-state index is 12.9. The van der Waals surface area contributed by atoms with Crippen molar-refractivity contribution >= 4 is 5.91 Å². The Morgan fingerprint density at radius 2 is 1.62 bits per heavy atom. The molecule has 34 heavy (non-hydrogen) atoms. The van der Waals surface area contributed by atoms with Gasteiger partial charge in [0.15, 0.2) is 5.69 Å². The van der Waals surface area contributed by atoms with E-state index in [9.17, 15) is 18.0 Å². The van der Waals surface area contributed by atoms with E-state index in [2.05, 4.69) is 46.2 Å². The zero-order valence-electron chi connectivity index (χ0n) is 20.0. The highest BCUT2D eigenvalue weighted by molar-refractivity contribution is 5.76. The number of alkyl halides is 3. The molecule has 2 fully saturated rings. The van der Waals surface area contributed by atoms with E-state index in [1.165, 1.54) is 18.1 Å². The van der Waals surface area contributed by atoms with Crippen molar-refractivity contribution in [2.45, 2.75) is 45.5 Å². The van der Waals surface area contributed by atoms with Crippen LogP contribution in [0.1, 0.15) is 35.4 Å². The number of piperidine rings is 1. The molecule has 0 spiro atoms. The molecule has 1 amide bonds. The van der Waals surface area contributed by atoms with Crippen LogP contribution in [0.3, 0.4) is 0 Å². The van der Waals surface area contributed by atoms with Crippen LogP contribution >= 0.6 is 0 Å². The molecule has 0 atom stereocenters. The van der Waals surface area contributed by atoms with Gasteiger partial charge in [-0.3, -0.25) is 14.4 Å². The molecule has 2 aliphatic heterocycles. The molecule has 0 N–H and O–H groups in total. The fraction of sp³-hybridized carbons (Fsp3) is 0.600. The zero-order chi connectivity index (χ0) is 24.3. The van der Waals surface area contributed by atoms with Crippen LogP contribution in [-0.2, 0) is 30.5 Å². The first-order valence-electron chi connectivity index (χ1n) is 12.1. The van der Waals surface area contributed by atoms with Crippen LogP contribution in [0.4, 0.5) is 13.2 Å². The molecule has 0 bridgehead atoms. The molecule has 0 unspecified atom stereocenters. The van der Waals surface area contributed by atoms with Crippen molar-refractivity contribution in [3.05, 3.63) is 52.8 Å². The van der Waals surface area contributed by atoms with Gasteiger partial charge in [0.05, 0.1) is 0 Å². The van der Waals surface area contributed by atoms with Gasteiger partial charge in [-0.1, -0.05) is 24.3 Å². The second-order valence-electron chi connectivity index (χ2n) is 9.75. The van der Waals surface area contributed by atoms with Crippen LogP contribution in [0.25, 0.3) is 0 Å². The van der Waals surface area contributed by atoms with Crippen molar-refractivity contribution in [3.63, 3.8) is 0 Å². The van der Waals surface area contributed by atoms with Crippen molar-refractivity contribution in [1.29, 1.82) is 0 Å². The molecule has 2 aromatic rings. The van der Waals surface area contributed by atoms with E-state index in [-0.39, 0.29) is 12.5 Å². The minimum Gasteiger partial charge on any atom is -0.341 e. The van der Waals surface area contributed by atoms with Crippen LogP contribution in [0.5, 0.6) is 0 Å². The van der Waals surface area contributed by atoms with Gasteiger partial charge in [0.25, 0.3) is 0 Å². The Labute approximate surface area is 199 Å². The molecule has 9 heteroatoms. The number of aromatic nitrogens is 2. The number of benzene rings is 1. The highest BCUT2D eigenvalue weighted by atomic mass is 19.4. The number of nitrogens with zero attached hydrogens (tertiary/aromatic N) is 5. The number of likely N-dealkylation sites (N-methyl/N-ethyl adjacent to an activating group) is 1. The predicted octanol–water partition coefficient (Wildman–Crippen LogP) is 3.44. The molecule has 1 aromatic carbocycles. The Hall–Kier alpha value is -2.39. The SMILES string of the molecule is Cc1cc(C(F)(F)F)nn1CC(=O)N1CCC(Cc2ccc(CN3CCN(C)CC3)cc2)CC1. The van der Waals surface area contributed by atoms with E-state index in [0.29, 0.717) is 24.7 Å². The highest BCUT2D eigenvalue weighted by Gasteiger charge is 2.35. The molecule has 2 saturated heterocycles. The third-order valence-electron chi connectivity index (χ3n) is 7.07. The van der Waals surface area contributed by atoms with Crippen LogP contribution in [0, 0.1) is 12.8 Å². The van der Waals surface area contributed by atoms with Crippen molar-refractivity contribution in [3.8, 4) is 0 Å². The number of hydrogen-bond acceptors (Lipinski definition) is 4. The van der Waals surface area contributed by atoms with Gasteiger partial charge in [-0.25, -0.2) is 0 Å². The topological polar surface area (TPSA) is 44.6 Å². The Morgan fingerprint density at radius 1 is 1.00 bits per heavy atom. The summed E-state index contributed by atoms with van der Waals surface area (Å²) in [5.74, 6) is 0.336. The standard InChI is InChI=1S/C25H34F3N5O/c1-19-15-23(25(26,27)28)29-33(19)18-24(34)32-9-7-21(8-10-32)16-20-3-5-22(6-4-20)17-31-13-11-30(2)12-14-31/h3-6,15,21H,7-14,16-18H2,1-2H3. The number of aryl methyl sites for hydroxylation is 1. The summed E-state index contributed by atoms with van der Waals surface area (Å²) in [6.07, 6.45) is -1.70. The summed E-state index contributed by atoms with van der Waals surface area (Å²) in [6.45, 7) is 8.12. The third-order valence-corrected chi connectivity index (χ3v) is 7.07. The van der Waals surface area contributed by atoms with E-state index in [4.69, 9.17) is 0 Å². The van der Waals surface area contributed by atoms with Crippen molar-refractivity contribution in [1.82, 2.24) is 24.5 Å². The van der Waals surface area contributed by atoms with Crippen molar-refractivity contribution in [2.24, 2.45) is 5.92 Å². The van der Waals surface area contributed by atoms with Crippen LogP contribution in [0.2, 0.25) is 0 Å². The lowest BCUT2D eigenvalue weighted by molar-refractivity contribution is -0.142. The number of carbonyl (C=O) groups excluding carboxylic acids is 1. The Morgan fingerprint density at radius 3 is 2.21 bits per heavy atom. The lowest BCUT2D eigenvalue weighted by Crippen LogP contribution is -2.43. The average molecular weight is 478 g/mol. The second kappa shape index (κ2) is 10.5. The minimum atomic E-state index is -4.50. The van der Waals surface area contributed by atoms with Gasteiger partial charge in [0.1, 0.15) is 6.54 Å². The molecule has 2 aliphatic rings. The van der Waals surface area contributed by atoms with Crippen LogP contribution in [0.15, 0.2) is 30.3 Å². The van der Waals surface area contributed by atoms with E-state index in [1.807, 2.05) is 0 Å². The number of piperazine rings is 1. The van der Waals surface area contributed by atoms with Crippen molar-refractivity contribution in [2.75, 3.05) is 46.3 Å². The van der Waals surface area contributed by atoms with Gasteiger partial charge in [0.2, 0.25) is 5.91 Å². The molecule has 1 aromatic heterocycles. The fourth-order valence-electron chi connectivity index (χ4n) is 4.80. The highest BCUT2D eigenvalue weighted by Crippen LogP contribution is 2.28. The number of likely N-dealkylation sites (tertiary alicyclic amines) is 1. The molecule has 0 aliphatic carbocycles. The van der Waals surface area contributed by atoms with Gasteiger partial charge in [-0.2, -0.15) is 18.3 Å². The first-order valence-corrected chi connectivity index (χ1v) is 12.1. The van der Waals surface area contributed by atoms with E-state index in [1.54, 1.807) is 4.90 Å². The average Bonchev–Trinajstić information content (AvgIpc) is 3.18. The molecular formula is C25H34F3N5O. The van der Waals surface area contributed by atoms with Crippen molar-refractivity contribution < 1.29 is 18.0 Å². The fourth-order valence-corrected chi connectivity index (χ4v) is 4.80. The molecular weight excluding hydrogens is 443 g/mol. The lowest BCUT2D eigenvalue weighted by atomic mass is 9.90. The summed E-state index contributed by atoms with van der Waals surface area (Å²) in [6, 6.07) is 9.89. The Bertz CT molecular complexity index is 956. The van der Waals surface area contributed by atoms with Gasteiger partial charge in [-0.15, -0.1) is 0 Å². The first-order chi connectivity index (χ1) is 16.2. The quantitative estimate of drug-likeness (QED) is 0.640. The van der Waals surface area contributed by atoms with Crippen LogP contribution in [-0.4, -0.2) is 76.7 Å². The number of halogens is 3. The Balaban J connectivity index is 1.22. The minimum absolute atomic E-state index is 0.151. The number of rotatable bonds is 6. The monoisotopic (exact) mass is 477 g/mol. The zero-order valence-corrected chi connectivity index (χ0v) is 20.0. The summed E-state index contributed by atoms with van der Waals surface area (Å²) < 4.78 is 39.7. The van der Waals surface area contributed by atoms with Gasteiger partial charge < -0.3 is 9.80 Å². The molecule has 6 nitrogen and oxygen atoms in total. The third kappa shape index (κ3) is 6.39. The molecule has 4 rings (SSSR count). The molecule has 3 heterocycles. The maximum Gasteiger partial charge on any atom is 0.435 e. The van der Waals surface area contributed by atoms with E-state index < -0.39 is 11.9 Å². The maximum atomic E-state index is 12.9. The largest absolute Gasteiger partial charge is 0.435 e. The summed E-state index contributed by atoms with van der Waals surface area (Å²) in [5.41, 5.74) is 2.05. The number of carbonyl (C=O) groups is 1. The lowest BCUT2D eigenvalue weighted by Gasteiger charge is -2.32. The summed E-state index contributed by atoms with van der Waals surface area (Å²) in [7, 11) is 2.17. The summed E-state index contributed by atoms with van der Waals surface area (Å²) in [5, 5.41) is 3.57. The molecule has 0 radical (unpaired) electrons. The summed E-state index contributed by atoms with van der Waals surface area (Å²) in [4.78, 5) is 19.3. The summed E-state index contributed by atoms with van der Waals surface area (Å²) >= 11 is 0. The van der Waals surface area contributed by atoms with Gasteiger partial charge >= 0.3 is 6.18 Å². The Kier molecular flexibility index (Phi) is 7.62. The van der Waals surface area contributed by atoms with Gasteiger partial charge in [-0.05, 0) is 56.3 Å². The van der Waals surface area contributed by atoms with Gasteiger partial charge in [0, 0.05) is 51.5 Å². The van der Waals surface area contributed by atoms with E-state index >= 15 is 0 Å². The number of amides is 1. The molecule has 0 saturated carbocycles. The first kappa shape index (κ1) is 24.7. The molecule has 186 valence electrons. The normalized spacial score (nSPS) is 19.0. The van der Waals surface area contributed by atoms with E-state index in [0.717, 1.165) is 62.7 Å².